The van der Waals surface area contributed by atoms with Crippen LogP contribution in [0.5, 0.6) is 0 Å². The molecule has 1 amide bonds. The number of aryl methyl sites for hydroxylation is 1. The third kappa shape index (κ3) is 3.33. The minimum Gasteiger partial charge on any atom is -0.480 e. The summed E-state index contributed by atoms with van der Waals surface area (Å²) in [6.45, 7) is 1.93. The van der Waals surface area contributed by atoms with Crippen LogP contribution in [0, 0.1) is 6.92 Å². The Hall–Kier alpha value is -2.41. The number of pyridine rings is 1. The number of carboxylic acid groups (broad SMARTS) is 1. The van der Waals surface area contributed by atoms with Gasteiger partial charge in [0.1, 0.15) is 17.9 Å². The van der Waals surface area contributed by atoms with Crippen molar-refractivity contribution < 1.29 is 19.4 Å². The highest BCUT2D eigenvalue weighted by atomic mass is 16.5. The molecular formula is C13H15N3O4. The number of aliphatic carboxylic acids is 1. The Bertz CT molecular complexity index is 636. The van der Waals surface area contributed by atoms with Crippen molar-refractivity contribution in [1.82, 2.24) is 14.7 Å². The highest BCUT2D eigenvalue weighted by Gasteiger charge is 2.10. The van der Waals surface area contributed by atoms with E-state index in [2.05, 4.69) is 10.3 Å². The number of hydrogen-bond donors (Lipinski definition) is 2. The summed E-state index contributed by atoms with van der Waals surface area (Å²) in [6, 6.07) is 5.62. The zero-order valence-electron chi connectivity index (χ0n) is 11.0. The van der Waals surface area contributed by atoms with E-state index in [1.807, 2.05) is 29.5 Å². The monoisotopic (exact) mass is 277 g/mol. The first-order valence-electron chi connectivity index (χ1n) is 6.10. The Morgan fingerprint density at radius 3 is 2.95 bits per heavy atom. The van der Waals surface area contributed by atoms with Crippen molar-refractivity contribution in [2.24, 2.45) is 0 Å². The fourth-order valence-corrected chi connectivity index (χ4v) is 1.74. The van der Waals surface area contributed by atoms with E-state index in [1.165, 1.54) is 0 Å². The van der Waals surface area contributed by atoms with Gasteiger partial charge in [0, 0.05) is 18.4 Å². The number of nitrogens with zero attached hydrogens (tertiary/aromatic N) is 2. The summed E-state index contributed by atoms with van der Waals surface area (Å²) in [4.78, 5) is 26.3. The minimum atomic E-state index is -1.04. The fourth-order valence-electron chi connectivity index (χ4n) is 1.74. The lowest BCUT2D eigenvalue weighted by atomic mass is 10.4. The van der Waals surface area contributed by atoms with Gasteiger partial charge in [-0.1, -0.05) is 6.07 Å². The molecule has 2 N–H and O–H groups in total. The largest absolute Gasteiger partial charge is 0.480 e. The molecule has 106 valence electrons. The number of carbonyl (C=O) groups excluding carboxylic acids is 1. The van der Waals surface area contributed by atoms with Gasteiger partial charge in [-0.25, -0.2) is 9.78 Å². The molecule has 20 heavy (non-hydrogen) atoms. The Balaban J connectivity index is 1.91. The maximum absolute atomic E-state index is 11.9. The van der Waals surface area contributed by atoms with Crippen LogP contribution in [0.4, 0.5) is 0 Å². The Labute approximate surface area is 115 Å². The Morgan fingerprint density at radius 1 is 1.45 bits per heavy atom. The second kappa shape index (κ2) is 6.16. The highest BCUT2D eigenvalue weighted by Crippen LogP contribution is 2.08. The fraction of sp³-hybridized carbons (Fsp3) is 0.308. The maximum atomic E-state index is 11.9. The van der Waals surface area contributed by atoms with Gasteiger partial charge in [-0.05, 0) is 19.1 Å². The molecular weight excluding hydrogens is 262 g/mol. The van der Waals surface area contributed by atoms with Crippen molar-refractivity contribution in [3.8, 4) is 0 Å². The van der Waals surface area contributed by atoms with Crippen LogP contribution in [0.15, 0.2) is 24.4 Å². The number of carboxylic acids is 1. The number of amides is 1. The molecule has 0 aliphatic carbocycles. The number of nitrogens with one attached hydrogen (secondary N) is 1. The first kappa shape index (κ1) is 14.0. The first-order chi connectivity index (χ1) is 9.58. The first-order valence-corrected chi connectivity index (χ1v) is 6.10. The van der Waals surface area contributed by atoms with E-state index < -0.39 is 5.97 Å². The van der Waals surface area contributed by atoms with E-state index in [-0.39, 0.29) is 25.7 Å². The van der Waals surface area contributed by atoms with Crippen LogP contribution >= 0.6 is 0 Å². The van der Waals surface area contributed by atoms with Crippen LogP contribution in [-0.4, -0.2) is 46.1 Å². The molecule has 0 radical (unpaired) electrons. The normalized spacial score (nSPS) is 10.7. The quantitative estimate of drug-likeness (QED) is 0.749. The van der Waals surface area contributed by atoms with E-state index in [9.17, 15) is 9.59 Å². The van der Waals surface area contributed by atoms with Crippen molar-refractivity contribution >= 4 is 17.5 Å². The molecule has 0 spiro atoms. The molecule has 0 bridgehead atoms. The summed E-state index contributed by atoms with van der Waals surface area (Å²) < 4.78 is 6.65. The van der Waals surface area contributed by atoms with Gasteiger partial charge in [-0.2, -0.15) is 0 Å². The molecule has 0 fully saturated rings. The lowest BCUT2D eigenvalue weighted by Gasteiger charge is -2.02. The van der Waals surface area contributed by atoms with Crippen LogP contribution in [-0.2, 0) is 9.53 Å². The molecule has 0 unspecified atom stereocenters. The van der Waals surface area contributed by atoms with Gasteiger partial charge in [-0.15, -0.1) is 0 Å². The molecule has 0 aliphatic heterocycles. The van der Waals surface area contributed by atoms with E-state index in [1.54, 1.807) is 6.20 Å². The van der Waals surface area contributed by atoms with Gasteiger partial charge >= 0.3 is 5.97 Å². The van der Waals surface area contributed by atoms with Gasteiger partial charge < -0.3 is 19.6 Å². The second-order valence-electron chi connectivity index (χ2n) is 4.22. The second-order valence-corrected chi connectivity index (χ2v) is 4.22. The van der Waals surface area contributed by atoms with Gasteiger partial charge in [0.25, 0.3) is 5.91 Å². The maximum Gasteiger partial charge on any atom is 0.329 e. The summed E-state index contributed by atoms with van der Waals surface area (Å²) in [5, 5.41) is 11.0. The molecule has 0 aromatic carbocycles. The summed E-state index contributed by atoms with van der Waals surface area (Å²) >= 11 is 0. The van der Waals surface area contributed by atoms with Gasteiger partial charge in [0.05, 0.1) is 6.61 Å². The van der Waals surface area contributed by atoms with Crippen LogP contribution in [0.1, 0.15) is 16.2 Å². The number of ether oxygens (including phenoxy) is 1. The Morgan fingerprint density at radius 2 is 2.25 bits per heavy atom. The standard InChI is InChI=1S/C13H15N3O4/c1-9-3-2-4-11-15-10(7-16(9)11)13(19)14-5-6-20-8-12(17)18/h2-4,7H,5-6,8H2,1H3,(H,14,19)(H,17,18). The molecule has 0 atom stereocenters. The average molecular weight is 277 g/mol. The number of imidazole rings is 1. The molecule has 0 saturated heterocycles. The van der Waals surface area contributed by atoms with Crippen molar-refractivity contribution in [1.29, 1.82) is 0 Å². The molecule has 0 saturated carbocycles. The average Bonchev–Trinajstić information content (AvgIpc) is 2.83. The number of rotatable bonds is 6. The number of fused-ring (bicyclic) bond motifs is 1. The van der Waals surface area contributed by atoms with Crippen LogP contribution in [0.2, 0.25) is 0 Å². The van der Waals surface area contributed by atoms with Crippen LogP contribution in [0.3, 0.4) is 0 Å². The number of aromatic nitrogens is 2. The predicted octanol–water partition coefficient (Wildman–Crippen LogP) is 0.474. The summed E-state index contributed by atoms with van der Waals surface area (Å²) in [7, 11) is 0. The third-order valence-corrected chi connectivity index (χ3v) is 2.69. The summed E-state index contributed by atoms with van der Waals surface area (Å²) in [6.07, 6.45) is 1.66. The van der Waals surface area contributed by atoms with Crippen molar-refractivity contribution in [3.05, 3.63) is 35.8 Å². The van der Waals surface area contributed by atoms with Crippen molar-refractivity contribution in [3.63, 3.8) is 0 Å². The van der Waals surface area contributed by atoms with E-state index >= 15 is 0 Å². The minimum absolute atomic E-state index is 0.143. The highest BCUT2D eigenvalue weighted by molar-refractivity contribution is 5.92. The van der Waals surface area contributed by atoms with Crippen LogP contribution < -0.4 is 5.32 Å². The van der Waals surface area contributed by atoms with Gasteiger partial charge in [0.2, 0.25) is 0 Å². The SMILES string of the molecule is Cc1cccc2nc(C(=O)NCCOCC(=O)O)cn12. The zero-order chi connectivity index (χ0) is 14.5. The van der Waals surface area contributed by atoms with E-state index in [0.717, 1.165) is 5.69 Å². The topological polar surface area (TPSA) is 92.9 Å². The smallest absolute Gasteiger partial charge is 0.329 e. The third-order valence-electron chi connectivity index (χ3n) is 2.69. The van der Waals surface area contributed by atoms with Crippen molar-refractivity contribution in [2.45, 2.75) is 6.92 Å². The number of carbonyl (C=O) groups is 2. The number of hydrogen-bond acceptors (Lipinski definition) is 4. The van der Waals surface area contributed by atoms with E-state index in [4.69, 9.17) is 9.84 Å². The lowest BCUT2D eigenvalue weighted by molar-refractivity contribution is -0.142. The summed E-state index contributed by atoms with van der Waals surface area (Å²) in [5.41, 5.74) is 2.01. The summed E-state index contributed by atoms with van der Waals surface area (Å²) in [5.74, 6) is -1.35. The van der Waals surface area contributed by atoms with Crippen LogP contribution in [0.25, 0.3) is 5.65 Å². The molecule has 0 aliphatic rings. The zero-order valence-corrected chi connectivity index (χ0v) is 11.0. The van der Waals surface area contributed by atoms with E-state index in [0.29, 0.717) is 11.3 Å². The Kier molecular flexibility index (Phi) is 4.31. The molecule has 2 aromatic heterocycles. The van der Waals surface area contributed by atoms with Crippen molar-refractivity contribution in [2.75, 3.05) is 19.8 Å². The predicted molar refractivity (Wildman–Crippen MR) is 70.7 cm³/mol. The van der Waals surface area contributed by atoms with Gasteiger partial charge in [0.15, 0.2) is 0 Å². The lowest BCUT2D eigenvalue weighted by Crippen LogP contribution is -2.28. The van der Waals surface area contributed by atoms with Gasteiger partial charge in [-0.3, -0.25) is 4.79 Å². The molecule has 2 heterocycles. The molecule has 2 rings (SSSR count). The molecule has 2 aromatic rings. The molecule has 7 heteroatoms. The molecule has 7 nitrogen and oxygen atoms in total.